The predicted molar refractivity (Wildman–Crippen MR) is 281 cm³/mol. The minimum absolute atomic E-state index is 0.938. The molecule has 0 aliphatic carbocycles. The van der Waals surface area contributed by atoms with Crippen molar-refractivity contribution < 1.29 is 0 Å². The van der Waals surface area contributed by atoms with E-state index in [1.165, 1.54) is 120 Å². The van der Waals surface area contributed by atoms with Crippen molar-refractivity contribution in [2.75, 3.05) is 0 Å². The summed E-state index contributed by atoms with van der Waals surface area (Å²) >= 11 is 1.80. The number of fused-ring (bicyclic) bond motifs is 3. The Morgan fingerprint density at radius 2 is 0.937 bits per heavy atom. The summed E-state index contributed by atoms with van der Waals surface area (Å²) in [6, 6.07) is 59.9. The van der Waals surface area contributed by atoms with Gasteiger partial charge in [-0.3, -0.25) is 0 Å². The number of hydrogen-bond donors (Lipinski definition) is 0. The lowest BCUT2D eigenvalue weighted by atomic mass is 9.69. The van der Waals surface area contributed by atoms with E-state index < -0.39 is 0 Å². The van der Waals surface area contributed by atoms with Crippen molar-refractivity contribution in [3.63, 3.8) is 0 Å². The molecule has 0 saturated carbocycles. The van der Waals surface area contributed by atoms with E-state index in [2.05, 4.69) is 231 Å². The van der Waals surface area contributed by atoms with E-state index in [4.69, 9.17) is 0 Å². The van der Waals surface area contributed by atoms with Gasteiger partial charge in [0.1, 0.15) is 0 Å². The highest BCUT2D eigenvalue weighted by Crippen LogP contribution is 2.54. The molecule has 3 heteroatoms. The van der Waals surface area contributed by atoms with Gasteiger partial charge in [-0.05, 0) is 142 Å². The van der Waals surface area contributed by atoms with Crippen LogP contribution < -0.4 is 0 Å². The molecule has 0 atom stereocenters. The molecule has 0 nitrogen and oxygen atoms in total. The van der Waals surface area contributed by atoms with Gasteiger partial charge < -0.3 is 0 Å². The van der Waals surface area contributed by atoms with Crippen LogP contribution in [0.4, 0.5) is 0 Å². The predicted octanol–water partition coefficient (Wildman–Crippen LogP) is 16.1. The van der Waals surface area contributed by atoms with Gasteiger partial charge in [0.2, 0.25) is 0 Å². The molecular formula is C60H44B2S. The third kappa shape index (κ3) is 7.00. The van der Waals surface area contributed by atoms with Crippen molar-refractivity contribution in [1.82, 2.24) is 0 Å². The van der Waals surface area contributed by atoms with Gasteiger partial charge in [0.15, 0.2) is 14.6 Å². The Hall–Kier alpha value is -7.19. The Morgan fingerprint density at radius 1 is 0.460 bits per heavy atom. The molecule has 2 aliphatic heterocycles. The summed E-state index contributed by atoms with van der Waals surface area (Å²) in [7, 11) is 1.90. The summed E-state index contributed by atoms with van der Waals surface area (Å²) in [5.74, 6) is 4.51. The molecule has 0 fully saturated rings. The van der Waals surface area contributed by atoms with Gasteiger partial charge in [-0.2, -0.15) is 0 Å². The van der Waals surface area contributed by atoms with Crippen molar-refractivity contribution in [2.24, 2.45) is 0 Å². The zero-order chi connectivity index (χ0) is 42.3. The summed E-state index contributed by atoms with van der Waals surface area (Å²) in [6.07, 6.45) is 15.3. The molecule has 0 amide bonds. The number of rotatable bonds is 9. The highest BCUT2D eigenvalue weighted by molar-refractivity contribution is 7.13. The second-order valence-corrected chi connectivity index (χ2v) is 17.6. The molecule has 63 heavy (non-hydrogen) atoms. The molecule has 0 radical (unpaired) electrons. The first-order chi connectivity index (χ1) is 31.1. The smallest absolute Gasteiger partial charge is 0.144 e. The molecule has 2 aliphatic rings. The maximum atomic E-state index is 2.48. The van der Waals surface area contributed by atoms with Gasteiger partial charge in [0.25, 0.3) is 0 Å². The van der Waals surface area contributed by atoms with Crippen LogP contribution in [-0.2, 0) is 0 Å². The van der Waals surface area contributed by atoms with Gasteiger partial charge in [-0.15, -0.1) is 23.3 Å². The van der Waals surface area contributed by atoms with Crippen molar-refractivity contribution in [3.8, 4) is 54.9 Å². The molecule has 9 aromatic rings. The quantitative estimate of drug-likeness (QED) is 0.0773. The number of allylic oxidation sites excluding steroid dienone is 8. The molecule has 8 aromatic carbocycles. The highest BCUT2D eigenvalue weighted by Gasteiger charge is 2.27. The second kappa shape index (κ2) is 16.6. The van der Waals surface area contributed by atoms with E-state index in [1.54, 1.807) is 11.3 Å². The van der Waals surface area contributed by atoms with Crippen LogP contribution in [0.15, 0.2) is 218 Å². The van der Waals surface area contributed by atoms with Crippen molar-refractivity contribution in [2.45, 2.75) is 13.8 Å². The molecule has 0 saturated heterocycles. The average Bonchev–Trinajstić information content (AvgIpc) is 4.19. The number of hydrogen-bond acceptors (Lipinski definition) is 1. The first-order valence-corrected chi connectivity index (χ1v) is 22.9. The number of thiophene rings is 1. The topological polar surface area (TPSA) is 0 Å². The molecule has 3 heterocycles. The Balaban J connectivity index is 1.37. The largest absolute Gasteiger partial charge is 0.183 e. The lowest BCUT2D eigenvalue weighted by Crippen LogP contribution is -1.99. The zero-order valence-electron chi connectivity index (χ0n) is 35.6. The van der Waals surface area contributed by atoms with Gasteiger partial charge in [-0.25, -0.2) is 0 Å². The third-order valence-corrected chi connectivity index (χ3v) is 13.8. The van der Waals surface area contributed by atoms with Crippen molar-refractivity contribution >= 4 is 74.7 Å². The van der Waals surface area contributed by atoms with Crippen LogP contribution >= 0.6 is 11.3 Å². The second-order valence-electron chi connectivity index (χ2n) is 16.7. The Labute approximate surface area is 375 Å². The SMILES string of the molecule is C/C=C\C=C(/C)c1ccc(-c2c3ccc(-c4cccs4)cc3c(-c3ccccc3)c3c(-c4ccc(C5=CC=CB5)cc4)c4ccc(C5=CC=CB5)cc4c(-c4ccccc4)c23)cc1. The van der Waals surface area contributed by atoms with E-state index in [-0.39, 0.29) is 0 Å². The summed E-state index contributed by atoms with van der Waals surface area (Å²) in [5.41, 5.74) is 18.8. The lowest BCUT2D eigenvalue weighted by Gasteiger charge is -2.26. The van der Waals surface area contributed by atoms with Crippen LogP contribution in [0.1, 0.15) is 30.5 Å². The Bertz CT molecular complexity index is 3400. The van der Waals surface area contributed by atoms with E-state index in [9.17, 15) is 0 Å². The average molecular weight is 819 g/mol. The highest BCUT2D eigenvalue weighted by atomic mass is 32.1. The van der Waals surface area contributed by atoms with Crippen LogP contribution in [-0.4, -0.2) is 14.6 Å². The molecule has 0 N–H and O–H groups in total. The summed E-state index contributed by atoms with van der Waals surface area (Å²) in [5, 5.41) is 9.74. The first-order valence-electron chi connectivity index (χ1n) is 22.1. The fraction of sp³-hybridized carbons (Fsp3) is 0.0333. The maximum absolute atomic E-state index is 2.48. The molecule has 0 unspecified atom stereocenters. The van der Waals surface area contributed by atoms with Crippen LogP contribution in [0, 0.1) is 0 Å². The minimum atomic E-state index is 0.938. The fourth-order valence-electron chi connectivity index (χ4n) is 9.84. The van der Waals surface area contributed by atoms with Gasteiger partial charge >= 0.3 is 0 Å². The van der Waals surface area contributed by atoms with E-state index in [0.29, 0.717) is 0 Å². The molecule has 1 aromatic heterocycles. The van der Waals surface area contributed by atoms with Crippen LogP contribution in [0.2, 0.25) is 0 Å². The molecule has 0 bridgehead atoms. The van der Waals surface area contributed by atoms with E-state index >= 15 is 0 Å². The van der Waals surface area contributed by atoms with Gasteiger partial charge in [0.05, 0.1) is 0 Å². The molecule has 296 valence electrons. The van der Waals surface area contributed by atoms with Crippen molar-refractivity contribution in [3.05, 3.63) is 234 Å². The standard InChI is InChI=1S/C60H44B2S/c1-3-4-14-39(2)40-22-26-44(27-23-40)55-49-33-31-47(54-21-13-36-63-54)38-51(49)58(43-17-9-6-10-18-43)60-56(45-28-24-41(25-29-45)52-19-11-34-61-52)48-32-30-46(53-20-12-35-62-53)37-50(48)57(59(55)60)42-15-7-5-8-16-42/h3-38,61-62H,1-2H3/b4-3-,39-14+. The fourth-order valence-corrected chi connectivity index (χ4v) is 10.6. The maximum Gasteiger partial charge on any atom is 0.183 e. The summed E-state index contributed by atoms with van der Waals surface area (Å²) in [4.78, 5) is 1.27. The Kier molecular flexibility index (Phi) is 10.2. The zero-order valence-corrected chi connectivity index (χ0v) is 36.4. The van der Waals surface area contributed by atoms with E-state index in [0.717, 1.165) is 14.6 Å². The van der Waals surface area contributed by atoms with Gasteiger partial charge in [-0.1, -0.05) is 193 Å². The Morgan fingerprint density at radius 3 is 1.46 bits per heavy atom. The van der Waals surface area contributed by atoms with Gasteiger partial charge in [0, 0.05) is 4.88 Å². The summed E-state index contributed by atoms with van der Waals surface area (Å²) in [6.45, 7) is 4.27. The first kappa shape index (κ1) is 38.7. The van der Waals surface area contributed by atoms with Crippen LogP contribution in [0.3, 0.4) is 0 Å². The molecular weight excluding hydrogens is 774 g/mol. The lowest BCUT2D eigenvalue weighted by molar-refractivity contribution is 1.56. The molecule has 0 spiro atoms. The van der Waals surface area contributed by atoms with Crippen LogP contribution in [0.25, 0.3) is 104 Å². The molecule has 11 rings (SSSR count). The normalized spacial score (nSPS) is 13.6. The summed E-state index contributed by atoms with van der Waals surface area (Å²) < 4.78 is 0. The third-order valence-electron chi connectivity index (χ3n) is 12.9. The monoisotopic (exact) mass is 818 g/mol. The minimum Gasteiger partial charge on any atom is -0.144 e. The van der Waals surface area contributed by atoms with Crippen molar-refractivity contribution in [1.29, 1.82) is 0 Å². The number of benzene rings is 8. The van der Waals surface area contributed by atoms with E-state index in [1.807, 2.05) is 0 Å². The van der Waals surface area contributed by atoms with Crippen LogP contribution in [0.5, 0.6) is 0 Å².